The number of hydrogen-bond acceptors (Lipinski definition) is 3. The molecule has 2 atom stereocenters. The second-order valence-electron chi connectivity index (χ2n) is 5.01. The van der Waals surface area contributed by atoms with Gasteiger partial charge in [0.25, 0.3) is 5.91 Å². The third-order valence-electron chi connectivity index (χ3n) is 3.36. The first-order chi connectivity index (χ1) is 11.0. The highest BCUT2D eigenvalue weighted by atomic mass is 35.5. The molecule has 2 aromatic rings. The predicted molar refractivity (Wildman–Crippen MR) is 86.1 cm³/mol. The van der Waals surface area contributed by atoms with E-state index in [9.17, 15) is 19.8 Å². The van der Waals surface area contributed by atoms with E-state index in [0.29, 0.717) is 16.1 Å². The molecule has 0 heterocycles. The van der Waals surface area contributed by atoms with Gasteiger partial charge in [0, 0.05) is 11.4 Å². The van der Waals surface area contributed by atoms with E-state index in [2.05, 4.69) is 5.32 Å². The summed E-state index contributed by atoms with van der Waals surface area (Å²) in [5.41, 5.74) is 1.00. The van der Waals surface area contributed by atoms with Crippen molar-refractivity contribution in [2.24, 2.45) is 0 Å². The minimum Gasteiger partial charge on any atom is -0.480 e. The van der Waals surface area contributed by atoms with E-state index in [-0.39, 0.29) is 6.42 Å². The summed E-state index contributed by atoms with van der Waals surface area (Å²) in [5.74, 6) is -1.96. The van der Waals surface area contributed by atoms with Crippen molar-refractivity contribution in [1.29, 1.82) is 0 Å². The van der Waals surface area contributed by atoms with Crippen molar-refractivity contribution >= 4 is 23.5 Å². The molecule has 1 amide bonds. The summed E-state index contributed by atoms with van der Waals surface area (Å²) in [4.78, 5) is 23.4. The number of carboxylic acid groups (broad SMARTS) is 1. The maximum Gasteiger partial charge on any atom is 0.326 e. The molecule has 3 N–H and O–H groups in total. The van der Waals surface area contributed by atoms with E-state index in [4.69, 9.17) is 11.6 Å². The fourth-order valence-corrected chi connectivity index (χ4v) is 2.33. The molecule has 0 fully saturated rings. The molecule has 0 aliphatic heterocycles. The molecule has 0 bridgehead atoms. The second-order valence-corrected chi connectivity index (χ2v) is 5.42. The lowest BCUT2D eigenvalue weighted by Crippen LogP contribution is -2.44. The Kier molecular flexibility index (Phi) is 5.73. The number of amides is 1. The molecule has 5 nitrogen and oxygen atoms in total. The highest BCUT2D eigenvalue weighted by Crippen LogP contribution is 2.18. The Morgan fingerprint density at radius 1 is 1.04 bits per heavy atom. The number of carboxylic acids is 1. The summed E-state index contributed by atoms with van der Waals surface area (Å²) in [6.07, 6.45) is -1.40. The Morgan fingerprint density at radius 3 is 2.26 bits per heavy atom. The van der Waals surface area contributed by atoms with Crippen molar-refractivity contribution < 1.29 is 19.8 Å². The van der Waals surface area contributed by atoms with Crippen LogP contribution >= 0.6 is 11.6 Å². The maximum absolute atomic E-state index is 12.1. The van der Waals surface area contributed by atoms with Crippen LogP contribution in [-0.2, 0) is 16.0 Å². The summed E-state index contributed by atoms with van der Waals surface area (Å²) in [5, 5.41) is 22.1. The quantitative estimate of drug-likeness (QED) is 0.756. The average Bonchev–Trinajstić information content (AvgIpc) is 2.56. The lowest BCUT2D eigenvalue weighted by Gasteiger charge is -2.18. The monoisotopic (exact) mass is 333 g/mol. The molecule has 0 unspecified atom stereocenters. The van der Waals surface area contributed by atoms with Gasteiger partial charge in [0.2, 0.25) is 0 Å². The summed E-state index contributed by atoms with van der Waals surface area (Å²) in [7, 11) is 0. The largest absolute Gasteiger partial charge is 0.480 e. The van der Waals surface area contributed by atoms with Crippen LogP contribution in [-0.4, -0.2) is 28.1 Å². The van der Waals surface area contributed by atoms with Crippen LogP contribution in [0.3, 0.4) is 0 Å². The molecule has 0 aromatic heterocycles. The zero-order valence-corrected chi connectivity index (χ0v) is 12.9. The van der Waals surface area contributed by atoms with Crippen LogP contribution in [0.25, 0.3) is 0 Å². The third kappa shape index (κ3) is 4.55. The Labute approximate surface area is 138 Å². The van der Waals surface area contributed by atoms with Crippen LogP contribution in [0.4, 0.5) is 0 Å². The number of halogens is 1. The van der Waals surface area contributed by atoms with Crippen molar-refractivity contribution in [1.82, 2.24) is 5.32 Å². The number of rotatable bonds is 6. The molecule has 0 aliphatic rings. The van der Waals surface area contributed by atoms with Gasteiger partial charge in [-0.25, -0.2) is 4.79 Å². The molecule has 0 aliphatic carbocycles. The van der Waals surface area contributed by atoms with Gasteiger partial charge in [-0.3, -0.25) is 4.79 Å². The number of aliphatic carboxylic acids is 1. The first kappa shape index (κ1) is 17.0. The number of hydrogen-bond donors (Lipinski definition) is 3. The summed E-state index contributed by atoms with van der Waals surface area (Å²) >= 11 is 6.01. The lowest BCUT2D eigenvalue weighted by atomic mass is 10.0. The number of aliphatic hydroxyl groups excluding tert-OH is 1. The van der Waals surface area contributed by atoms with Crippen LogP contribution in [0, 0.1) is 0 Å². The molecule has 2 rings (SSSR count). The highest BCUT2D eigenvalue weighted by Gasteiger charge is 2.25. The van der Waals surface area contributed by atoms with E-state index in [1.54, 1.807) is 54.6 Å². The molecule has 120 valence electrons. The maximum atomic E-state index is 12.1. The molecule has 6 heteroatoms. The van der Waals surface area contributed by atoms with Crippen molar-refractivity contribution in [3.63, 3.8) is 0 Å². The van der Waals surface area contributed by atoms with Gasteiger partial charge in [-0.15, -0.1) is 0 Å². The van der Waals surface area contributed by atoms with Crippen LogP contribution in [0.2, 0.25) is 5.02 Å². The van der Waals surface area contributed by atoms with Gasteiger partial charge in [0.1, 0.15) is 6.04 Å². The number of aliphatic hydroxyl groups is 1. The van der Waals surface area contributed by atoms with Crippen LogP contribution in [0.15, 0.2) is 54.6 Å². The average molecular weight is 334 g/mol. The molecule has 23 heavy (non-hydrogen) atoms. The third-order valence-corrected chi connectivity index (χ3v) is 3.73. The summed E-state index contributed by atoms with van der Waals surface area (Å²) in [6.45, 7) is 0. The fraction of sp³-hybridized carbons (Fsp3) is 0.176. The fourth-order valence-electron chi connectivity index (χ4n) is 2.12. The Bertz CT molecular complexity index is 690. The Hall–Kier alpha value is -2.37. The molecule has 2 aromatic carbocycles. The molecule has 0 spiro atoms. The van der Waals surface area contributed by atoms with Gasteiger partial charge in [-0.1, -0.05) is 60.1 Å². The Morgan fingerprint density at radius 2 is 1.65 bits per heavy atom. The SMILES string of the molecule is O=C(N[C@H](Cc1ccccc1Cl)C(=O)O)[C@@H](O)c1ccccc1. The van der Waals surface area contributed by atoms with Gasteiger partial charge in [-0.2, -0.15) is 0 Å². The van der Waals surface area contributed by atoms with Crippen molar-refractivity contribution in [2.45, 2.75) is 18.6 Å². The first-order valence-corrected chi connectivity index (χ1v) is 7.36. The summed E-state index contributed by atoms with van der Waals surface area (Å²) in [6, 6.07) is 13.9. The number of carbonyl (C=O) groups excluding carboxylic acids is 1. The molecule has 0 radical (unpaired) electrons. The predicted octanol–water partition coefficient (Wildman–Crippen LogP) is 2.19. The smallest absolute Gasteiger partial charge is 0.326 e. The van der Waals surface area contributed by atoms with Crippen molar-refractivity contribution in [3.8, 4) is 0 Å². The molecule has 0 saturated heterocycles. The van der Waals surface area contributed by atoms with E-state index in [1.165, 1.54) is 0 Å². The van der Waals surface area contributed by atoms with Crippen molar-refractivity contribution in [3.05, 3.63) is 70.7 Å². The van der Waals surface area contributed by atoms with Gasteiger partial charge in [0.15, 0.2) is 6.10 Å². The highest BCUT2D eigenvalue weighted by molar-refractivity contribution is 6.31. The van der Waals surface area contributed by atoms with Gasteiger partial charge >= 0.3 is 5.97 Å². The van der Waals surface area contributed by atoms with E-state index >= 15 is 0 Å². The van der Waals surface area contributed by atoms with Gasteiger partial charge in [0.05, 0.1) is 0 Å². The molecular weight excluding hydrogens is 318 g/mol. The van der Waals surface area contributed by atoms with E-state index < -0.39 is 24.0 Å². The normalized spacial score (nSPS) is 13.1. The second kappa shape index (κ2) is 7.76. The summed E-state index contributed by atoms with van der Waals surface area (Å²) < 4.78 is 0. The van der Waals surface area contributed by atoms with Crippen molar-refractivity contribution in [2.75, 3.05) is 0 Å². The number of nitrogens with one attached hydrogen (secondary N) is 1. The number of carbonyl (C=O) groups is 2. The van der Waals surface area contributed by atoms with Crippen LogP contribution in [0.5, 0.6) is 0 Å². The topological polar surface area (TPSA) is 86.6 Å². The first-order valence-electron chi connectivity index (χ1n) is 6.98. The standard InChI is InChI=1S/C17H16ClNO4/c18-13-9-5-4-8-12(13)10-14(17(22)23)19-16(21)15(20)11-6-2-1-3-7-11/h1-9,14-15,20H,10H2,(H,19,21)(H,22,23)/t14-,15+/m1/s1. The zero-order valence-electron chi connectivity index (χ0n) is 12.1. The van der Waals surface area contributed by atoms with E-state index in [0.717, 1.165) is 0 Å². The minimum absolute atomic E-state index is 0.0300. The molecular formula is C17H16ClNO4. The zero-order chi connectivity index (χ0) is 16.8. The minimum atomic E-state index is -1.43. The number of benzene rings is 2. The van der Waals surface area contributed by atoms with Crippen LogP contribution < -0.4 is 5.32 Å². The van der Waals surface area contributed by atoms with E-state index in [1.807, 2.05) is 0 Å². The van der Waals surface area contributed by atoms with Gasteiger partial charge < -0.3 is 15.5 Å². The Balaban J connectivity index is 2.09. The lowest BCUT2D eigenvalue weighted by molar-refractivity contribution is -0.143. The molecule has 0 saturated carbocycles. The van der Waals surface area contributed by atoms with Crippen LogP contribution in [0.1, 0.15) is 17.2 Å². The van der Waals surface area contributed by atoms with Gasteiger partial charge in [-0.05, 0) is 17.2 Å².